The second-order valence-electron chi connectivity index (χ2n) is 6.13. The van der Waals surface area contributed by atoms with Crippen LogP contribution in [0.15, 0.2) is 54.6 Å². The summed E-state index contributed by atoms with van der Waals surface area (Å²) in [4.78, 5) is 14.6. The number of hydrogen-bond donors (Lipinski definition) is 2. The van der Waals surface area contributed by atoms with Crippen molar-refractivity contribution >= 4 is 30.7 Å². The summed E-state index contributed by atoms with van der Waals surface area (Å²) in [5, 5.41) is 2.88. The van der Waals surface area contributed by atoms with Crippen molar-refractivity contribution in [3.63, 3.8) is 0 Å². The molecule has 0 aliphatic rings. The molecule has 5 nitrogen and oxygen atoms in total. The van der Waals surface area contributed by atoms with Gasteiger partial charge in [0.05, 0.1) is 0 Å². The number of benzene rings is 2. The number of carbonyl (C=O) groups is 1. The molecular formula is C21H31Cl2N3O2. The van der Waals surface area contributed by atoms with E-state index in [2.05, 4.69) is 24.1 Å². The molecule has 1 amide bonds. The molecule has 0 aliphatic heterocycles. The number of nitrogens with two attached hydrogens (primary N) is 1. The highest BCUT2D eigenvalue weighted by molar-refractivity contribution is 5.94. The molecule has 1 atom stereocenters. The zero-order chi connectivity index (χ0) is 18.8. The number of nitrogens with one attached hydrogen (secondary N) is 1. The molecule has 0 saturated carbocycles. The maximum Gasteiger partial charge on any atom is 0.251 e. The third-order valence-electron chi connectivity index (χ3n) is 4.40. The zero-order valence-corrected chi connectivity index (χ0v) is 18.1. The van der Waals surface area contributed by atoms with Crippen LogP contribution in [0.3, 0.4) is 0 Å². The average molecular weight is 428 g/mol. The van der Waals surface area contributed by atoms with Crippen molar-refractivity contribution in [2.45, 2.75) is 19.9 Å². The van der Waals surface area contributed by atoms with Crippen LogP contribution in [0.1, 0.15) is 35.8 Å². The van der Waals surface area contributed by atoms with E-state index >= 15 is 0 Å². The lowest BCUT2D eigenvalue weighted by Crippen LogP contribution is -2.31. The number of nitrogens with zero attached hydrogens (tertiary/aromatic N) is 1. The summed E-state index contributed by atoms with van der Waals surface area (Å²) >= 11 is 0. The molecule has 0 heterocycles. The van der Waals surface area contributed by atoms with E-state index in [0.29, 0.717) is 18.7 Å². The first-order chi connectivity index (χ1) is 12.6. The fraction of sp³-hybridized carbons (Fsp3) is 0.381. The van der Waals surface area contributed by atoms with Gasteiger partial charge >= 0.3 is 0 Å². The third-order valence-corrected chi connectivity index (χ3v) is 4.40. The number of rotatable bonds is 10. The van der Waals surface area contributed by atoms with Crippen LogP contribution < -0.4 is 15.8 Å². The molecule has 156 valence electrons. The second kappa shape index (κ2) is 14.2. The van der Waals surface area contributed by atoms with Crippen molar-refractivity contribution < 1.29 is 9.53 Å². The predicted molar refractivity (Wildman–Crippen MR) is 120 cm³/mol. The van der Waals surface area contributed by atoms with Crippen molar-refractivity contribution in [1.82, 2.24) is 10.2 Å². The lowest BCUT2D eigenvalue weighted by atomic mass is 10.1. The van der Waals surface area contributed by atoms with E-state index in [1.165, 1.54) is 0 Å². The minimum Gasteiger partial charge on any atom is -0.492 e. The molecule has 28 heavy (non-hydrogen) atoms. The number of halogens is 2. The van der Waals surface area contributed by atoms with Gasteiger partial charge < -0.3 is 20.7 Å². The highest BCUT2D eigenvalue weighted by Gasteiger charge is 2.10. The molecule has 0 spiro atoms. The maximum absolute atomic E-state index is 12.3. The molecule has 2 aromatic carbocycles. The molecule has 0 fully saturated rings. The van der Waals surface area contributed by atoms with Crippen LogP contribution in [0.4, 0.5) is 0 Å². The van der Waals surface area contributed by atoms with Gasteiger partial charge in [-0.15, -0.1) is 24.8 Å². The highest BCUT2D eigenvalue weighted by atomic mass is 35.5. The van der Waals surface area contributed by atoms with E-state index < -0.39 is 0 Å². The SMILES string of the molecule is CCN(CC)CCOc1ccc(C(=O)NCC(N)c2ccccc2)cc1.Cl.Cl. The monoisotopic (exact) mass is 427 g/mol. The lowest BCUT2D eigenvalue weighted by Gasteiger charge is -2.18. The van der Waals surface area contributed by atoms with E-state index in [-0.39, 0.29) is 36.8 Å². The topological polar surface area (TPSA) is 67.6 Å². The van der Waals surface area contributed by atoms with Gasteiger partial charge in [0.1, 0.15) is 12.4 Å². The van der Waals surface area contributed by atoms with E-state index in [0.717, 1.165) is 30.9 Å². The normalized spacial score (nSPS) is 11.1. The quantitative estimate of drug-likeness (QED) is 0.606. The summed E-state index contributed by atoms with van der Waals surface area (Å²) in [6.45, 7) is 8.24. The van der Waals surface area contributed by atoms with Crippen molar-refractivity contribution in [3.05, 3.63) is 65.7 Å². The standard InChI is InChI=1S/C21H29N3O2.2ClH/c1-3-24(4-2)14-15-26-19-12-10-18(11-13-19)21(25)23-16-20(22)17-8-6-5-7-9-17;;/h5-13,20H,3-4,14-16,22H2,1-2H3,(H,23,25);2*1H. The Morgan fingerprint density at radius 3 is 2.21 bits per heavy atom. The van der Waals surface area contributed by atoms with Gasteiger partial charge in [-0.2, -0.15) is 0 Å². The van der Waals surface area contributed by atoms with Gasteiger partial charge in [-0.25, -0.2) is 0 Å². The highest BCUT2D eigenvalue weighted by Crippen LogP contribution is 2.13. The van der Waals surface area contributed by atoms with Crippen LogP contribution in [0.25, 0.3) is 0 Å². The largest absolute Gasteiger partial charge is 0.492 e. The van der Waals surface area contributed by atoms with E-state index in [1.54, 1.807) is 12.1 Å². The van der Waals surface area contributed by atoms with Crippen LogP contribution in [0, 0.1) is 0 Å². The number of likely N-dealkylation sites (N-methyl/N-ethyl adjacent to an activating group) is 1. The summed E-state index contributed by atoms with van der Waals surface area (Å²) < 4.78 is 5.74. The molecule has 7 heteroatoms. The Hall–Kier alpha value is -1.79. The number of hydrogen-bond acceptors (Lipinski definition) is 4. The fourth-order valence-electron chi connectivity index (χ4n) is 2.66. The molecule has 0 aromatic heterocycles. The number of carbonyl (C=O) groups excluding carboxylic acids is 1. The molecule has 2 rings (SSSR count). The van der Waals surface area contributed by atoms with Crippen molar-refractivity contribution in [1.29, 1.82) is 0 Å². The summed E-state index contributed by atoms with van der Waals surface area (Å²) in [5.41, 5.74) is 7.71. The molecule has 1 unspecified atom stereocenters. The Bertz CT molecular complexity index is 665. The van der Waals surface area contributed by atoms with Crippen molar-refractivity contribution in [2.75, 3.05) is 32.8 Å². The number of amides is 1. The molecular weight excluding hydrogens is 397 g/mol. The van der Waals surface area contributed by atoms with E-state index in [1.807, 2.05) is 42.5 Å². The van der Waals surface area contributed by atoms with Crippen LogP contribution in [0.5, 0.6) is 5.75 Å². The van der Waals surface area contributed by atoms with Crippen LogP contribution in [-0.4, -0.2) is 43.6 Å². The van der Waals surface area contributed by atoms with Gasteiger partial charge in [-0.1, -0.05) is 44.2 Å². The lowest BCUT2D eigenvalue weighted by molar-refractivity contribution is 0.0951. The van der Waals surface area contributed by atoms with Crippen molar-refractivity contribution in [3.8, 4) is 5.75 Å². The summed E-state index contributed by atoms with van der Waals surface area (Å²) in [6.07, 6.45) is 0. The molecule has 0 radical (unpaired) electrons. The van der Waals surface area contributed by atoms with Crippen LogP contribution in [0.2, 0.25) is 0 Å². The number of ether oxygens (including phenoxy) is 1. The molecule has 0 aliphatic carbocycles. The molecule has 3 N–H and O–H groups in total. The first-order valence-electron chi connectivity index (χ1n) is 9.18. The Morgan fingerprint density at radius 2 is 1.64 bits per heavy atom. The second-order valence-corrected chi connectivity index (χ2v) is 6.13. The van der Waals surface area contributed by atoms with Crippen molar-refractivity contribution in [2.24, 2.45) is 5.73 Å². The minimum atomic E-state index is -0.220. The fourth-order valence-corrected chi connectivity index (χ4v) is 2.66. The van der Waals surface area contributed by atoms with Gasteiger partial charge in [-0.05, 0) is 42.9 Å². The molecule has 2 aromatic rings. The van der Waals surface area contributed by atoms with Gasteiger partial charge in [0.2, 0.25) is 0 Å². The average Bonchev–Trinajstić information content (AvgIpc) is 2.70. The van der Waals surface area contributed by atoms with Gasteiger partial charge in [0.15, 0.2) is 0 Å². The zero-order valence-electron chi connectivity index (χ0n) is 16.5. The van der Waals surface area contributed by atoms with Gasteiger partial charge in [-0.3, -0.25) is 4.79 Å². The minimum absolute atomic E-state index is 0. The van der Waals surface area contributed by atoms with Gasteiger partial charge in [0, 0.05) is 24.7 Å². The first-order valence-corrected chi connectivity index (χ1v) is 9.18. The summed E-state index contributed by atoms with van der Waals surface area (Å²) in [7, 11) is 0. The van der Waals surface area contributed by atoms with E-state index in [9.17, 15) is 4.79 Å². The van der Waals surface area contributed by atoms with Crippen LogP contribution >= 0.6 is 24.8 Å². The third kappa shape index (κ3) is 8.48. The predicted octanol–water partition coefficient (Wildman–Crippen LogP) is 3.68. The Labute approximate surface area is 180 Å². The molecule has 0 bridgehead atoms. The molecule has 0 saturated heterocycles. The Kier molecular flexibility index (Phi) is 13.3. The first kappa shape index (κ1) is 26.2. The summed E-state index contributed by atoms with van der Waals surface area (Å²) in [5.74, 6) is 0.640. The smallest absolute Gasteiger partial charge is 0.251 e. The van der Waals surface area contributed by atoms with E-state index in [4.69, 9.17) is 10.5 Å². The Balaban J connectivity index is 0.00000364. The summed E-state index contributed by atoms with van der Waals surface area (Å²) in [6, 6.07) is 16.7. The van der Waals surface area contributed by atoms with Gasteiger partial charge in [0.25, 0.3) is 5.91 Å². The Morgan fingerprint density at radius 1 is 1.04 bits per heavy atom. The maximum atomic E-state index is 12.3. The van der Waals surface area contributed by atoms with Crippen LogP contribution in [-0.2, 0) is 0 Å².